The highest BCUT2D eigenvalue weighted by Crippen LogP contribution is 2.23. The Hall–Kier alpha value is -3.12. The summed E-state index contributed by atoms with van der Waals surface area (Å²) in [5, 5.41) is 3.33. The van der Waals surface area contributed by atoms with Crippen LogP contribution < -0.4 is 5.32 Å². The second-order valence-corrected chi connectivity index (χ2v) is 7.68. The Labute approximate surface area is 176 Å². The molecule has 1 N–H and O–H groups in total. The molecule has 0 radical (unpaired) electrons. The van der Waals surface area contributed by atoms with Crippen molar-refractivity contribution in [1.82, 2.24) is 9.80 Å². The van der Waals surface area contributed by atoms with Crippen LogP contribution >= 0.6 is 0 Å². The van der Waals surface area contributed by atoms with Crippen LogP contribution in [0.25, 0.3) is 11.3 Å². The molecule has 1 saturated heterocycles. The lowest BCUT2D eigenvalue weighted by atomic mass is 10.1. The van der Waals surface area contributed by atoms with Crippen molar-refractivity contribution in [3.63, 3.8) is 0 Å². The summed E-state index contributed by atoms with van der Waals surface area (Å²) in [5.41, 5.74) is 2.82. The van der Waals surface area contributed by atoms with Crippen LogP contribution in [-0.4, -0.2) is 48.9 Å². The molecular weight excluding hydrogens is 381 g/mol. The second kappa shape index (κ2) is 9.13. The molecule has 2 heterocycles. The number of anilines is 1. The highest BCUT2D eigenvalue weighted by atomic mass is 19.1. The zero-order valence-corrected chi connectivity index (χ0v) is 17.1. The van der Waals surface area contributed by atoms with Crippen molar-refractivity contribution in [2.24, 2.45) is 0 Å². The molecule has 1 aliphatic rings. The van der Waals surface area contributed by atoms with Gasteiger partial charge in [-0.2, -0.15) is 0 Å². The minimum Gasteiger partial charge on any atom is -0.459 e. The first-order valence-corrected chi connectivity index (χ1v) is 10.2. The van der Waals surface area contributed by atoms with Gasteiger partial charge in [0.05, 0.1) is 13.0 Å². The molecule has 0 aliphatic carbocycles. The van der Waals surface area contributed by atoms with Crippen LogP contribution in [0, 0.1) is 5.82 Å². The number of furan rings is 1. The van der Waals surface area contributed by atoms with E-state index in [1.807, 2.05) is 41.3 Å². The molecular formula is C24H26FN3O2. The molecule has 1 fully saturated rings. The predicted octanol–water partition coefficient (Wildman–Crippen LogP) is 4.01. The molecule has 0 spiro atoms. The molecule has 0 bridgehead atoms. The average molecular weight is 407 g/mol. The number of nitrogens with zero attached hydrogens (tertiary/aromatic N) is 2. The summed E-state index contributed by atoms with van der Waals surface area (Å²) in [7, 11) is 2.08. The first kappa shape index (κ1) is 20.2. The normalized spacial score (nSPS) is 14.7. The first-order valence-electron chi connectivity index (χ1n) is 10.2. The van der Waals surface area contributed by atoms with E-state index < -0.39 is 0 Å². The summed E-state index contributed by atoms with van der Waals surface area (Å²) in [6, 6.07) is 18.0. The standard InChI is InChI=1S/C24H26FN3O2/c1-27-12-14-28(15-13-27)24(29)16-18-2-8-21(9-3-18)26-17-22-10-11-23(30-22)19-4-6-20(25)7-5-19/h2-11,26H,12-17H2,1H3. The number of hydrogen-bond acceptors (Lipinski definition) is 4. The van der Waals surface area contributed by atoms with Crippen LogP contribution in [0.2, 0.25) is 0 Å². The van der Waals surface area contributed by atoms with E-state index >= 15 is 0 Å². The van der Waals surface area contributed by atoms with E-state index in [0.29, 0.717) is 18.7 Å². The summed E-state index contributed by atoms with van der Waals surface area (Å²) >= 11 is 0. The number of nitrogens with one attached hydrogen (secondary N) is 1. The topological polar surface area (TPSA) is 48.7 Å². The Morgan fingerprint density at radius 2 is 1.67 bits per heavy atom. The van der Waals surface area contributed by atoms with Gasteiger partial charge in [-0.25, -0.2) is 4.39 Å². The molecule has 1 aliphatic heterocycles. The molecule has 30 heavy (non-hydrogen) atoms. The SMILES string of the molecule is CN1CCN(C(=O)Cc2ccc(NCc3ccc(-c4ccc(F)cc4)o3)cc2)CC1. The number of halogens is 1. The van der Waals surface area contributed by atoms with Gasteiger partial charge in [-0.1, -0.05) is 12.1 Å². The number of hydrogen-bond donors (Lipinski definition) is 1. The highest BCUT2D eigenvalue weighted by Gasteiger charge is 2.18. The summed E-state index contributed by atoms with van der Waals surface area (Å²) in [6.07, 6.45) is 0.434. The van der Waals surface area contributed by atoms with Gasteiger partial charge < -0.3 is 19.5 Å². The number of amides is 1. The fourth-order valence-corrected chi connectivity index (χ4v) is 3.51. The zero-order chi connectivity index (χ0) is 20.9. The van der Waals surface area contributed by atoms with Crippen LogP contribution in [-0.2, 0) is 17.8 Å². The van der Waals surface area contributed by atoms with Crippen LogP contribution in [0.3, 0.4) is 0 Å². The van der Waals surface area contributed by atoms with Gasteiger partial charge in [0.25, 0.3) is 0 Å². The van der Waals surface area contributed by atoms with Gasteiger partial charge in [0.1, 0.15) is 17.3 Å². The molecule has 1 aromatic heterocycles. The molecule has 3 aromatic rings. The largest absolute Gasteiger partial charge is 0.459 e. The second-order valence-electron chi connectivity index (χ2n) is 7.68. The van der Waals surface area contributed by atoms with E-state index in [1.54, 1.807) is 12.1 Å². The van der Waals surface area contributed by atoms with Gasteiger partial charge in [0.2, 0.25) is 5.91 Å². The quantitative estimate of drug-likeness (QED) is 0.671. The van der Waals surface area contributed by atoms with Crippen molar-refractivity contribution in [3.05, 3.63) is 77.8 Å². The first-order chi connectivity index (χ1) is 14.6. The van der Waals surface area contributed by atoms with Crippen LogP contribution in [0.5, 0.6) is 0 Å². The van der Waals surface area contributed by atoms with Gasteiger partial charge in [0.15, 0.2) is 0 Å². The number of likely N-dealkylation sites (N-methyl/N-ethyl adjacent to an activating group) is 1. The molecule has 0 atom stereocenters. The fourth-order valence-electron chi connectivity index (χ4n) is 3.51. The third-order valence-electron chi connectivity index (χ3n) is 5.42. The Morgan fingerprint density at radius 1 is 0.967 bits per heavy atom. The number of carbonyl (C=O) groups is 1. The van der Waals surface area contributed by atoms with E-state index in [9.17, 15) is 9.18 Å². The van der Waals surface area contributed by atoms with Crippen LogP contribution in [0.15, 0.2) is 65.1 Å². The zero-order valence-electron chi connectivity index (χ0n) is 17.1. The van der Waals surface area contributed by atoms with Crippen molar-refractivity contribution >= 4 is 11.6 Å². The summed E-state index contributed by atoms with van der Waals surface area (Å²) in [4.78, 5) is 16.7. The van der Waals surface area contributed by atoms with Crippen molar-refractivity contribution < 1.29 is 13.6 Å². The highest BCUT2D eigenvalue weighted by molar-refractivity contribution is 5.79. The predicted molar refractivity (Wildman–Crippen MR) is 116 cm³/mol. The molecule has 2 aromatic carbocycles. The van der Waals surface area contributed by atoms with Gasteiger partial charge in [-0.05, 0) is 61.1 Å². The summed E-state index contributed by atoms with van der Waals surface area (Å²) in [6.45, 7) is 4.02. The Balaban J connectivity index is 1.29. The fraction of sp³-hybridized carbons (Fsp3) is 0.292. The third-order valence-corrected chi connectivity index (χ3v) is 5.42. The number of benzene rings is 2. The minimum absolute atomic E-state index is 0.188. The van der Waals surface area contributed by atoms with Gasteiger partial charge in [0, 0.05) is 37.4 Å². The molecule has 0 saturated carbocycles. The van der Waals surface area contributed by atoms with Gasteiger partial charge >= 0.3 is 0 Å². The van der Waals surface area contributed by atoms with Crippen molar-refractivity contribution in [2.75, 3.05) is 38.5 Å². The van der Waals surface area contributed by atoms with E-state index in [-0.39, 0.29) is 11.7 Å². The van der Waals surface area contributed by atoms with E-state index in [1.165, 1.54) is 12.1 Å². The lowest BCUT2D eigenvalue weighted by Gasteiger charge is -2.32. The Bertz CT molecular complexity index is 974. The van der Waals surface area contributed by atoms with Crippen molar-refractivity contribution in [3.8, 4) is 11.3 Å². The summed E-state index contributed by atoms with van der Waals surface area (Å²) < 4.78 is 18.9. The van der Waals surface area contributed by atoms with E-state index in [0.717, 1.165) is 48.8 Å². The number of piperazine rings is 1. The smallest absolute Gasteiger partial charge is 0.227 e. The summed E-state index contributed by atoms with van der Waals surface area (Å²) in [5.74, 6) is 1.43. The number of carbonyl (C=O) groups excluding carboxylic acids is 1. The maximum absolute atomic E-state index is 13.1. The van der Waals surface area contributed by atoms with E-state index in [4.69, 9.17) is 4.42 Å². The molecule has 1 amide bonds. The van der Waals surface area contributed by atoms with Gasteiger partial charge in [-0.3, -0.25) is 4.79 Å². The van der Waals surface area contributed by atoms with Crippen molar-refractivity contribution in [2.45, 2.75) is 13.0 Å². The Morgan fingerprint density at radius 3 is 2.37 bits per heavy atom. The number of rotatable bonds is 6. The van der Waals surface area contributed by atoms with Crippen LogP contribution in [0.4, 0.5) is 10.1 Å². The Kier molecular flexibility index (Phi) is 6.14. The average Bonchev–Trinajstić information content (AvgIpc) is 3.23. The third kappa shape index (κ3) is 5.07. The van der Waals surface area contributed by atoms with Crippen molar-refractivity contribution in [1.29, 1.82) is 0 Å². The van der Waals surface area contributed by atoms with Gasteiger partial charge in [-0.15, -0.1) is 0 Å². The molecule has 5 nitrogen and oxygen atoms in total. The van der Waals surface area contributed by atoms with Crippen LogP contribution in [0.1, 0.15) is 11.3 Å². The monoisotopic (exact) mass is 407 g/mol. The molecule has 0 unspecified atom stereocenters. The van der Waals surface area contributed by atoms with E-state index in [2.05, 4.69) is 17.3 Å². The minimum atomic E-state index is -0.263. The molecule has 156 valence electrons. The molecule has 4 rings (SSSR count). The maximum atomic E-state index is 13.1. The lowest BCUT2D eigenvalue weighted by Crippen LogP contribution is -2.47. The maximum Gasteiger partial charge on any atom is 0.227 e. The lowest BCUT2D eigenvalue weighted by molar-refractivity contribution is -0.132. The molecule has 6 heteroatoms.